The minimum absolute atomic E-state index is 0.0349. The maximum absolute atomic E-state index is 8.63. The summed E-state index contributed by atoms with van der Waals surface area (Å²) in [5.74, 6) is 0.0349. The van der Waals surface area contributed by atoms with Crippen LogP contribution < -0.4 is 4.90 Å². The molecule has 1 aromatic rings. The maximum Gasteiger partial charge on any atom is 0.186 e. The highest BCUT2D eigenvalue weighted by Crippen LogP contribution is 2.22. The summed E-state index contributed by atoms with van der Waals surface area (Å²) in [7, 11) is 1.94. The van der Waals surface area contributed by atoms with Crippen LogP contribution >= 0.6 is 27.3 Å². The largest absolute Gasteiger partial charge is 0.350 e. The van der Waals surface area contributed by atoms with E-state index in [1.807, 2.05) is 24.3 Å². The minimum atomic E-state index is 0.0349. The molecule has 0 aliphatic rings. The zero-order valence-corrected chi connectivity index (χ0v) is 9.89. The number of nitrogens with zero attached hydrogens (tertiary/aromatic N) is 3. The van der Waals surface area contributed by atoms with Crippen LogP contribution in [0.25, 0.3) is 0 Å². The van der Waals surface area contributed by atoms with Crippen LogP contribution in [0.3, 0.4) is 0 Å². The van der Waals surface area contributed by atoms with Crippen molar-refractivity contribution in [2.45, 2.75) is 6.92 Å². The van der Waals surface area contributed by atoms with Gasteiger partial charge in [0.05, 0.1) is 12.0 Å². The number of thiazole rings is 1. The Morgan fingerprint density at radius 3 is 3.00 bits per heavy atom. The highest BCUT2D eigenvalue weighted by molar-refractivity contribution is 9.10. The molecule has 0 bridgehead atoms. The summed E-state index contributed by atoms with van der Waals surface area (Å²) >= 11 is 4.86. The van der Waals surface area contributed by atoms with Gasteiger partial charge in [-0.3, -0.25) is 0 Å². The lowest BCUT2D eigenvalue weighted by atomic mass is 10.2. The molecule has 1 aromatic heterocycles. The van der Waals surface area contributed by atoms with Gasteiger partial charge in [-0.15, -0.1) is 11.3 Å². The van der Waals surface area contributed by atoms with Gasteiger partial charge in [0.1, 0.15) is 4.60 Å². The summed E-state index contributed by atoms with van der Waals surface area (Å²) in [6.45, 7) is 2.62. The van der Waals surface area contributed by atoms with Crippen LogP contribution in [0, 0.1) is 17.2 Å². The van der Waals surface area contributed by atoms with Crippen molar-refractivity contribution in [2.24, 2.45) is 5.92 Å². The van der Waals surface area contributed by atoms with Crippen LogP contribution in [0.2, 0.25) is 0 Å². The van der Waals surface area contributed by atoms with E-state index in [-0.39, 0.29) is 5.92 Å². The van der Waals surface area contributed by atoms with E-state index in [0.717, 1.165) is 16.3 Å². The first-order valence-electron chi connectivity index (χ1n) is 3.85. The van der Waals surface area contributed by atoms with Gasteiger partial charge in [0, 0.05) is 19.0 Å². The third-order valence-corrected chi connectivity index (χ3v) is 3.22. The average molecular weight is 260 g/mol. The van der Waals surface area contributed by atoms with Gasteiger partial charge in [0.25, 0.3) is 0 Å². The molecule has 0 aliphatic carbocycles. The molecule has 0 spiro atoms. The first kappa shape index (κ1) is 10.5. The van der Waals surface area contributed by atoms with Crippen LogP contribution in [-0.4, -0.2) is 18.6 Å². The summed E-state index contributed by atoms with van der Waals surface area (Å²) in [4.78, 5) is 6.24. The third-order valence-electron chi connectivity index (χ3n) is 1.56. The molecular weight excluding hydrogens is 250 g/mol. The number of aromatic nitrogens is 1. The molecule has 1 rings (SSSR count). The molecule has 0 saturated heterocycles. The van der Waals surface area contributed by atoms with Crippen molar-refractivity contribution in [1.29, 1.82) is 5.26 Å². The van der Waals surface area contributed by atoms with Gasteiger partial charge in [-0.2, -0.15) is 5.26 Å². The quantitative estimate of drug-likeness (QED) is 0.838. The molecule has 13 heavy (non-hydrogen) atoms. The fourth-order valence-corrected chi connectivity index (χ4v) is 2.18. The van der Waals surface area contributed by atoms with Crippen LogP contribution in [0.5, 0.6) is 0 Å². The summed E-state index contributed by atoms with van der Waals surface area (Å²) in [6.07, 6.45) is 0. The van der Waals surface area contributed by atoms with Crippen molar-refractivity contribution in [3.05, 3.63) is 9.98 Å². The summed E-state index contributed by atoms with van der Waals surface area (Å²) in [5, 5.41) is 11.5. The number of hydrogen-bond acceptors (Lipinski definition) is 4. The van der Waals surface area contributed by atoms with Gasteiger partial charge in [0.2, 0.25) is 0 Å². The average Bonchev–Trinajstić information content (AvgIpc) is 2.51. The topological polar surface area (TPSA) is 39.9 Å². The molecule has 1 atom stereocenters. The van der Waals surface area contributed by atoms with E-state index in [9.17, 15) is 0 Å². The van der Waals surface area contributed by atoms with Crippen molar-refractivity contribution in [2.75, 3.05) is 18.5 Å². The second-order valence-electron chi connectivity index (χ2n) is 2.86. The minimum Gasteiger partial charge on any atom is -0.350 e. The van der Waals surface area contributed by atoms with E-state index >= 15 is 0 Å². The number of anilines is 1. The zero-order valence-electron chi connectivity index (χ0n) is 7.49. The smallest absolute Gasteiger partial charge is 0.186 e. The van der Waals surface area contributed by atoms with Crippen LogP contribution in [-0.2, 0) is 0 Å². The Morgan fingerprint density at radius 1 is 1.85 bits per heavy atom. The van der Waals surface area contributed by atoms with Crippen molar-refractivity contribution >= 4 is 32.4 Å². The van der Waals surface area contributed by atoms with Gasteiger partial charge in [-0.1, -0.05) is 0 Å². The van der Waals surface area contributed by atoms with E-state index in [1.165, 1.54) is 0 Å². The normalized spacial score (nSPS) is 12.2. The van der Waals surface area contributed by atoms with Gasteiger partial charge >= 0.3 is 0 Å². The molecule has 3 nitrogen and oxygen atoms in total. The fourth-order valence-electron chi connectivity index (χ4n) is 0.950. The monoisotopic (exact) mass is 259 g/mol. The van der Waals surface area contributed by atoms with E-state index in [4.69, 9.17) is 5.26 Å². The second-order valence-corrected chi connectivity index (χ2v) is 4.51. The Labute approximate surface area is 90.1 Å². The summed E-state index contributed by atoms with van der Waals surface area (Å²) in [6, 6.07) is 2.20. The molecule has 0 amide bonds. The predicted molar refractivity (Wildman–Crippen MR) is 57.9 cm³/mol. The number of hydrogen-bond donors (Lipinski definition) is 0. The van der Waals surface area contributed by atoms with Gasteiger partial charge in [-0.05, 0) is 22.9 Å². The van der Waals surface area contributed by atoms with Crippen molar-refractivity contribution in [3.63, 3.8) is 0 Å². The van der Waals surface area contributed by atoms with Crippen LogP contribution in [0.15, 0.2) is 9.98 Å². The van der Waals surface area contributed by atoms with E-state index in [1.54, 1.807) is 11.3 Å². The van der Waals surface area contributed by atoms with Crippen LogP contribution in [0.4, 0.5) is 5.13 Å². The maximum atomic E-state index is 8.63. The first-order chi connectivity index (χ1) is 6.13. The van der Waals surface area contributed by atoms with Crippen molar-refractivity contribution < 1.29 is 0 Å². The highest BCUT2D eigenvalue weighted by atomic mass is 79.9. The molecule has 0 fully saturated rings. The van der Waals surface area contributed by atoms with Crippen LogP contribution in [0.1, 0.15) is 6.92 Å². The molecule has 1 heterocycles. The first-order valence-corrected chi connectivity index (χ1v) is 5.52. The fraction of sp³-hybridized carbons (Fsp3) is 0.500. The van der Waals surface area contributed by atoms with Gasteiger partial charge in [-0.25, -0.2) is 4.98 Å². The van der Waals surface area contributed by atoms with E-state index in [2.05, 4.69) is 27.0 Å². The molecule has 0 saturated carbocycles. The van der Waals surface area contributed by atoms with Crippen molar-refractivity contribution in [1.82, 2.24) is 4.98 Å². The molecule has 5 heteroatoms. The standard InChI is InChI=1S/C8H10BrN3S/c1-6(3-10)4-12(2)8-11-7(9)5-13-8/h5-6H,4H2,1-2H3. The number of rotatable bonds is 3. The summed E-state index contributed by atoms with van der Waals surface area (Å²) < 4.78 is 0.851. The molecular formula is C8H10BrN3S. The highest BCUT2D eigenvalue weighted by Gasteiger charge is 2.08. The lowest BCUT2D eigenvalue weighted by Crippen LogP contribution is -2.22. The van der Waals surface area contributed by atoms with E-state index in [0.29, 0.717) is 0 Å². The lowest BCUT2D eigenvalue weighted by Gasteiger charge is -2.16. The van der Waals surface area contributed by atoms with Crippen molar-refractivity contribution in [3.8, 4) is 6.07 Å². The molecule has 1 unspecified atom stereocenters. The Morgan fingerprint density at radius 2 is 2.54 bits per heavy atom. The Bertz CT molecular complexity index is 317. The number of nitriles is 1. The summed E-state index contributed by atoms with van der Waals surface area (Å²) in [5.41, 5.74) is 0. The third kappa shape index (κ3) is 2.98. The molecule has 0 N–H and O–H groups in total. The van der Waals surface area contributed by atoms with Gasteiger partial charge in [0.15, 0.2) is 5.13 Å². The lowest BCUT2D eigenvalue weighted by molar-refractivity contribution is 0.714. The molecule has 70 valence electrons. The Hall–Kier alpha value is -0.600. The molecule has 0 aliphatic heterocycles. The zero-order chi connectivity index (χ0) is 9.84. The van der Waals surface area contributed by atoms with Gasteiger partial charge < -0.3 is 4.90 Å². The molecule has 0 aromatic carbocycles. The predicted octanol–water partition coefficient (Wildman–Crippen LogP) is 2.50. The number of halogens is 1. The SMILES string of the molecule is CC(C#N)CN(C)c1nc(Br)cs1. The Balaban J connectivity index is 2.59. The Kier molecular flexibility index (Phi) is 3.70. The molecule has 0 radical (unpaired) electrons. The van der Waals surface area contributed by atoms with E-state index < -0.39 is 0 Å². The second kappa shape index (κ2) is 4.58.